The van der Waals surface area contributed by atoms with Gasteiger partial charge in [0.25, 0.3) is 0 Å². The minimum absolute atomic E-state index is 0.839. The lowest BCUT2D eigenvalue weighted by atomic mass is 9.98. The second-order valence-electron chi connectivity index (χ2n) is 14.5. The van der Waals surface area contributed by atoms with Gasteiger partial charge < -0.3 is 13.7 Å². The van der Waals surface area contributed by atoms with Crippen molar-refractivity contribution < 1.29 is 8.83 Å². The maximum absolute atomic E-state index is 6.96. The molecule has 0 aliphatic rings. The van der Waals surface area contributed by atoms with E-state index < -0.39 is 0 Å². The first-order chi connectivity index (χ1) is 28.3. The fourth-order valence-corrected chi connectivity index (χ4v) is 8.33. The Kier molecular flexibility index (Phi) is 7.82. The smallest absolute Gasteiger partial charge is 0.159 e. The third-order valence-corrected chi connectivity index (χ3v) is 11.1. The SMILES string of the molecule is c1ccc(-c2cccc(-c3ccc(N(c4ccc(-c5cccc6c5oc5ccccc56)cc4)c4cccc5c4oc4c(-c6ccccc6)cccc45)cc3)c2)cc1. The van der Waals surface area contributed by atoms with Crippen molar-refractivity contribution in [3.8, 4) is 44.5 Å². The molecule has 0 unspecified atom stereocenters. The molecule has 0 spiro atoms. The zero-order valence-corrected chi connectivity index (χ0v) is 31.0. The molecule has 3 heteroatoms. The molecule has 0 atom stereocenters. The summed E-state index contributed by atoms with van der Waals surface area (Å²) in [6, 6.07) is 74.9. The van der Waals surface area contributed by atoms with Crippen molar-refractivity contribution in [2.75, 3.05) is 4.90 Å². The van der Waals surface area contributed by atoms with Crippen LogP contribution in [-0.2, 0) is 0 Å². The van der Waals surface area contributed by atoms with Crippen molar-refractivity contribution in [3.63, 3.8) is 0 Å². The molecule has 0 saturated carbocycles. The summed E-state index contributed by atoms with van der Waals surface area (Å²) in [5, 5.41) is 4.42. The highest BCUT2D eigenvalue weighted by Crippen LogP contribution is 2.45. The van der Waals surface area contributed by atoms with Crippen molar-refractivity contribution in [3.05, 3.63) is 212 Å². The molecule has 0 radical (unpaired) electrons. The van der Waals surface area contributed by atoms with Gasteiger partial charge in [0.2, 0.25) is 0 Å². The maximum Gasteiger partial charge on any atom is 0.159 e. The zero-order chi connectivity index (χ0) is 37.7. The Bertz CT molecular complexity index is 3210. The number of fused-ring (bicyclic) bond motifs is 6. The Balaban J connectivity index is 1.05. The van der Waals surface area contributed by atoms with E-state index in [9.17, 15) is 0 Å². The molecule has 0 aliphatic heterocycles. The lowest BCUT2D eigenvalue weighted by Crippen LogP contribution is -2.10. The molecule has 11 aromatic rings. The molecule has 2 aromatic heterocycles. The lowest BCUT2D eigenvalue weighted by Gasteiger charge is -2.26. The van der Waals surface area contributed by atoms with E-state index in [4.69, 9.17) is 8.83 Å². The summed E-state index contributed by atoms with van der Waals surface area (Å²) in [4.78, 5) is 2.31. The average Bonchev–Trinajstić information content (AvgIpc) is 3.87. The Morgan fingerprint density at radius 3 is 1.39 bits per heavy atom. The summed E-state index contributed by atoms with van der Waals surface area (Å²) in [5.74, 6) is 0. The standard InChI is InChI=1S/C54H35NO2/c1-3-13-36(14-4-1)40-17-9-18-41(35-40)37-27-31-42(32-28-37)55(43-33-29-39(30-34-43)45-21-10-22-47-46-19-7-8-26-51(46)56-52(45)47)50-25-12-24-49-48-23-11-20-44(53(48)57-54(49)50)38-15-5-2-6-16-38/h1-35H. The van der Waals surface area contributed by atoms with E-state index in [2.05, 4.69) is 199 Å². The highest BCUT2D eigenvalue weighted by Gasteiger charge is 2.21. The quantitative estimate of drug-likeness (QED) is 0.164. The molecule has 0 saturated heterocycles. The minimum atomic E-state index is 0.839. The number of furan rings is 2. The van der Waals surface area contributed by atoms with E-state index in [1.165, 1.54) is 16.7 Å². The van der Waals surface area contributed by atoms with Gasteiger partial charge in [-0.25, -0.2) is 0 Å². The van der Waals surface area contributed by atoms with Crippen LogP contribution in [0.5, 0.6) is 0 Å². The van der Waals surface area contributed by atoms with Crippen molar-refractivity contribution in [2.24, 2.45) is 0 Å². The van der Waals surface area contributed by atoms with Gasteiger partial charge >= 0.3 is 0 Å². The van der Waals surface area contributed by atoms with Crippen LogP contribution in [0.25, 0.3) is 88.4 Å². The zero-order valence-electron chi connectivity index (χ0n) is 31.0. The first kappa shape index (κ1) is 32.8. The van der Waals surface area contributed by atoms with Crippen LogP contribution >= 0.6 is 0 Å². The molecule has 0 amide bonds. The summed E-state index contributed by atoms with van der Waals surface area (Å²) >= 11 is 0. The van der Waals surface area contributed by atoms with Crippen LogP contribution in [-0.4, -0.2) is 0 Å². The van der Waals surface area contributed by atoms with Gasteiger partial charge in [-0.2, -0.15) is 0 Å². The van der Waals surface area contributed by atoms with E-state index >= 15 is 0 Å². The normalized spacial score (nSPS) is 11.5. The van der Waals surface area contributed by atoms with Gasteiger partial charge in [-0.05, 0) is 75.8 Å². The number of para-hydroxylation sites is 4. The molecular weight excluding hydrogens is 695 g/mol. The maximum atomic E-state index is 6.96. The van der Waals surface area contributed by atoms with Gasteiger partial charge in [-0.15, -0.1) is 0 Å². The van der Waals surface area contributed by atoms with E-state index in [1.54, 1.807) is 0 Å². The second-order valence-corrected chi connectivity index (χ2v) is 14.5. The largest absolute Gasteiger partial charge is 0.455 e. The Labute approximate surface area is 330 Å². The van der Waals surface area contributed by atoms with E-state index in [-0.39, 0.29) is 0 Å². The highest BCUT2D eigenvalue weighted by molar-refractivity contribution is 6.14. The van der Waals surface area contributed by atoms with Crippen molar-refractivity contribution in [2.45, 2.75) is 0 Å². The fraction of sp³-hybridized carbons (Fsp3) is 0. The predicted molar refractivity (Wildman–Crippen MR) is 237 cm³/mol. The average molecular weight is 730 g/mol. The molecule has 3 nitrogen and oxygen atoms in total. The van der Waals surface area contributed by atoms with Crippen molar-refractivity contribution in [1.29, 1.82) is 0 Å². The van der Waals surface area contributed by atoms with Crippen LogP contribution in [0.4, 0.5) is 17.1 Å². The number of hydrogen-bond donors (Lipinski definition) is 0. The molecule has 57 heavy (non-hydrogen) atoms. The topological polar surface area (TPSA) is 29.5 Å². The predicted octanol–water partition coefficient (Wildman–Crippen LogP) is 15.6. The van der Waals surface area contributed by atoms with Gasteiger partial charge in [0.1, 0.15) is 16.7 Å². The molecule has 0 N–H and O–H groups in total. The lowest BCUT2D eigenvalue weighted by molar-refractivity contribution is 0.670. The van der Waals surface area contributed by atoms with E-state index in [1.807, 2.05) is 18.2 Å². The molecule has 0 aliphatic carbocycles. The number of hydrogen-bond acceptors (Lipinski definition) is 3. The molecular formula is C54H35NO2. The fourth-order valence-electron chi connectivity index (χ4n) is 8.33. The first-order valence-electron chi connectivity index (χ1n) is 19.3. The van der Waals surface area contributed by atoms with Crippen LogP contribution in [0.3, 0.4) is 0 Å². The highest BCUT2D eigenvalue weighted by atomic mass is 16.3. The number of nitrogens with zero attached hydrogens (tertiary/aromatic N) is 1. The summed E-state index contributed by atoms with van der Waals surface area (Å²) < 4.78 is 13.4. The first-order valence-corrected chi connectivity index (χ1v) is 19.3. The van der Waals surface area contributed by atoms with E-state index in [0.29, 0.717) is 0 Å². The minimum Gasteiger partial charge on any atom is -0.455 e. The monoisotopic (exact) mass is 729 g/mol. The van der Waals surface area contributed by atoms with E-state index in [0.717, 1.165) is 88.8 Å². The third-order valence-electron chi connectivity index (χ3n) is 11.1. The van der Waals surface area contributed by atoms with Crippen LogP contribution in [0.2, 0.25) is 0 Å². The van der Waals surface area contributed by atoms with Crippen LogP contribution < -0.4 is 4.90 Å². The molecule has 268 valence electrons. The number of benzene rings is 9. The van der Waals surface area contributed by atoms with Crippen LogP contribution in [0.1, 0.15) is 0 Å². The van der Waals surface area contributed by atoms with Gasteiger partial charge in [-0.3, -0.25) is 0 Å². The third kappa shape index (κ3) is 5.68. The summed E-state index contributed by atoms with van der Waals surface area (Å²) in [6.45, 7) is 0. The number of anilines is 3. The summed E-state index contributed by atoms with van der Waals surface area (Å²) in [5.41, 5.74) is 15.6. The van der Waals surface area contributed by atoms with Gasteiger partial charge in [0, 0.05) is 44.0 Å². The summed E-state index contributed by atoms with van der Waals surface area (Å²) in [6.07, 6.45) is 0. The van der Waals surface area contributed by atoms with Crippen molar-refractivity contribution in [1.82, 2.24) is 0 Å². The van der Waals surface area contributed by atoms with Crippen LogP contribution in [0, 0.1) is 0 Å². The molecule has 0 fully saturated rings. The molecule has 9 aromatic carbocycles. The number of rotatable bonds is 7. The Hall–Kier alpha value is -7.62. The van der Waals surface area contributed by atoms with Gasteiger partial charge in [0.05, 0.1) is 5.69 Å². The van der Waals surface area contributed by atoms with Crippen LogP contribution in [0.15, 0.2) is 221 Å². The summed E-state index contributed by atoms with van der Waals surface area (Å²) in [7, 11) is 0. The Morgan fingerprint density at radius 2 is 0.719 bits per heavy atom. The molecule has 2 heterocycles. The van der Waals surface area contributed by atoms with Crippen molar-refractivity contribution >= 4 is 60.9 Å². The molecule has 11 rings (SSSR count). The van der Waals surface area contributed by atoms with Gasteiger partial charge in [-0.1, -0.05) is 170 Å². The van der Waals surface area contributed by atoms with Gasteiger partial charge in [0.15, 0.2) is 5.58 Å². The Morgan fingerprint density at radius 1 is 0.281 bits per heavy atom. The second kappa shape index (κ2) is 13.6. The molecule has 0 bridgehead atoms.